The number of amides is 1. The molecule has 0 aliphatic carbocycles. The Kier molecular flexibility index (Phi) is 5.20. The number of aryl methyl sites for hydroxylation is 1. The highest BCUT2D eigenvalue weighted by Gasteiger charge is 2.07. The van der Waals surface area contributed by atoms with Gasteiger partial charge in [0.2, 0.25) is 5.91 Å². The molecule has 0 fully saturated rings. The molecule has 1 amide bonds. The summed E-state index contributed by atoms with van der Waals surface area (Å²) < 4.78 is 14.3. The van der Waals surface area contributed by atoms with Crippen LogP contribution in [0.3, 0.4) is 0 Å². The third kappa shape index (κ3) is 4.44. The lowest BCUT2D eigenvalue weighted by atomic mass is 10.2. The molecule has 3 nitrogen and oxygen atoms in total. The maximum Gasteiger partial charge on any atom is 0.243 e. The summed E-state index contributed by atoms with van der Waals surface area (Å²) in [5.74, 6) is -0.690. The van der Waals surface area contributed by atoms with E-state index >= 15 is 0 Å². The van der Waals surface area contributed by atoms with Crippen LogP contribution in [0.15, 0.2) is 40.9 Å². The molecule has 0 bridgehead atoms. The van der Waals surface area contributed by atoms with Crippen molar-refractivity contribution in [2.75, 3.05) is 17.2 Å². The largest absolute Gasteiger partial charge is 0.374 e. The molecule has 0 heterocycles. The van der Waals surface area contributed by atoms with E-state index in [2.05, 4.69) is 26.6 Å². The fraction of sp³-hybridized carbons (Fsp3) is 0.133. The van der Waals surface area contributed by atoms with E-state index in [1.54, 1.807) is 24.3 Å². The Hall–Kier alpha value is -1.59. The van der Waals surface area contributed by atoms with E-state index in [-0.39, 0.29) is 18.1 Å². The highest BCUT2D eigenvalue weighted by molar-refractivity contribution is 9.10. The monoisotopic (exact) mass is 370 g/mol. The number of carbonyl (C=O) groups is 1. The number of benzene rings is 2. The van der Waals surface area contributed by atoms with Crippen LogP contribution in [-0.2, 0) is 4.79 Å². The minimum absolute atomic E-state index is 0.0423. The van der Waals surface area contributed by atoms with Gasteiger partial charge in [0.1, 0.15) is 5.82 Å². The molecule has 21 heavy (non-hydrogen) atoms. The van der Waals surface area contributed by atoms with E-state index in [9.17, 15) is 9.18 Å². The number of carbonyl (C=O) groups excluding carboxylic acids is 1. The van der Waals surface area contributed by atoms with Crippen molar-refractivity contribution in [3.05, 3.63) is 57.3 Å². The molecule has 0 aromatic heterocycles. The summed E-state index contributed by atoms with van der Waals surface area (Å²) in [4.78, 5) is 11.9. The first kappa shape index (κ1) is 15.8. The maximum absolute atomic E-state index is 13.5. The Morgan fingerprint density at radius 2 is 2.00 bits per heavy atom. The molecule has 0 saturated heterocycles. The van der Waals surface area contributed by atoms with Crippen LogP contribution in [0.2, 0.25) is 5.02 Å². The van der Waals surface area contributed by atoms with Gasteiger partial charge >= 0.3 is 0 Å². The van der Waals surface area contributed by atoms with Crippen molar-refractivity contribution in [2.24, 2.45) is 0 Å². The van der Waals surface area contributed by atoms with Gasteiger partial charge in [-0.2, -0.15) is 0 Å². The van der Waals surface area contributed by atoms with Crippen LogP contribution in [0, 0.1) is 12.7 Å². The van der Waals surface area contributed by atoms with E-state index in [0.717, 1.165) is 10.0 Å². The van der Waals surface area contributed by atoms with E-state index in [4.69, 9.17) is 11.6 Å². The second-order valence-corrected chi connectivity index (χ2v) is 5.84. The molecule has 6 heteroatoms. The lowest BCUT2D eigenvalue weighted by molar-refractivity contribution is -0.114. The van der Waals surface area contributed by atoms with Gasteiger partial charge in [0.15, 0.2) is 0 Å². The molecule has 0 aliphatic heterocycles. The Balaban J connectivity index is 1.99. The first-order chi connectivity index (χ1) is 9.95. The number of anilines is 2. The lowest BCUT2D eigenvalue weighted by Gasteiger charge is -2.11. The van der Waals surface area contributed by atoms with Crippen molar-refractivity contribution in [1.82, 2.24) is 0 Å². The molecular weight excluding hydrogens is 359 g/mol. The summed E-state index contributed by atoms with van der Waals surface area (Å²) in [6.45, 7) is 1.83. The Morgan fingerprint density at radius 1 is 1.24 bits per heavy atom. The van der Waals surface area contributed by atoms with Gasteiger partial charge in [-0.25, -0.2) is 4.39 Å². The first-order valence-corrected chi connectivity index (χ1v) is 7.38. The maximum atomic E-state index is 13.5. The molecule has 0 radical (unpaired) electrons. The number of halogens is 3. The fourth-order valence-electron chi connectivity index (χ4n) is 1.73. The van der Waals surface area contributed by atoms with Crippen LogP contribution in [-0.4, -0.2) is 12.5 Å². The first-order valence-electron chi connectivity index (χ1n) is 6.20. The number of nitrogens with one attached hydrogen (secondary N) is 2. The van der Waals surface area contributed by atoms with Gasteiger partial charge in [-0.1, -0.05) is 33.6 Å². The zero-order chi connectivity index (χ0) is 15.4. The quantitative estimate of drug-likeness (QED) is 0.824. The van der Waals surface area contributed by atoms with Gasteiger partial charge in [0.05, 0.1) is 12.2 Å². The van der Waals surface area contributed by atoms with Crippen molar-refractivity contribution in [1.29, 1.82) is 0 Å². The smallest absolute Gasteiger partial charge is 0.243 e. The second kappa shape index (κ2) is 6.91. The van der Waals surface area contributed by atoms with Crippen LogP contribution < -0.4 is 10.6 Å². The molecule has 2 rings (SSSR count). The Morgan fingerprint density at radius 3 is 2.76 bits per heavy atom. The highest BCUT2D eigenvalue weighted by atomic mass is 79.9. The van der Waals surface area contributed by atoms with Crippen LogP contribution >= 0.6 is 27.5 Å². The third-order valence-corrected chi connectivity index (χ3v) is 3.57. The molecule has 0 unspecified atom stereocenters. The van der Waals surface area contributed by atoms with E-state index in [1.165, 1.54) is 6.07 Å². The third-order valence-electron chi connectivity index (χ3n) is 2.84. The average molecular weight is 372 g/mol. The van der Waals surface area contributed by atoms with Crippen LogP contribution in [0.5, 0.6) is 0 Å². The summed E-state index contributed by atoms with van der Waals surface area (Å²) in [5, 5.41) is 6.04. The van der Waals surface area contributed by atoms with Crippen molar-refractivity contribution in [3.63, 3.8) is 0 Å². The summed E-state index contributed by atoms with van der Waals surface area (Å²) in [7, 11) is 0. The van der Waals surface area contributed by atoms with Crippen molar-refractivity contribution >= 4 is 44.8 Å². The van der Waals surface area contributed by atoms with E-state index < -0.39 is 5.82 Å². The molecule has 0 atom stereocenters. The molecular formula is C15H13BrClFN2O. The molecule has 0 spiro atoms. The molecule has 0 aliphatic rings. The number of rotatable bonds is 4. The van der Waals surface area contributed by atoms with Crippen molar-refractivity contribution in [3.8, 4) is 0 Å². The van der Waals surface area contributed by atoms with Crippen LogP contribution in [0.4, 0.5) is 15.8 Å². The van der Waals surface area contributed by atoms with E-state index in [1.807, 2.05) is 13.0 Å². The molecule has 2 aromatic rings. The average Bonchev–Trinajstić information content (AvgIpc) is 2.44. The van der Waals surface area contributed by atoms with Gasteiger partial charge < -0.3 is 10.6 Å². The minimum Gasteiger partial charge on any atom is -0.374 e. The van der Waals surface area contributed by atoms with Crippen LogP contribution in [0.25, 0.3) is 0 Å². The van der Waals surface area contributed by atoms with E-state index in [0.29, 0.717) is 10.7 Å². The van der Waals surface area contributed by atoms with Crippen molar-refractivity contribution < 1.29 is 9.18 Å². The number of hydrogen-bond acceptors (Lipinski definition) is 2. The topological polar surface area (TPSA) is 41.1 Å². The SMILES string of the molecule is Cc1ccc(Cl)cc1NC(=O)CNc1cc(Br)ccc1F. The van der Waals surface area contributed by atoms with Gasteiger partial charge in [-0.15, -0.1) is 0 Å². The van der Waals surface area contributed by atoms with Gasteiger partial charge in [0, 0.05) is 15.2 Å². The number of hydrogen-bond donors (Lipinski definition) is 2. The summed E-state index contributed by atoms with van der Waals surface area (Å²) in [5.41, 5.74) is 1.81. The minimum atomic E-state index is -0.412. The standard InChI is InChI=1S/C15H13BrClFN2O/c1-9-2-4-11(17)7-13(9)20-15(21)8-19-14-6-10(16)3-5-12(14)18/h2-7,19H,8H2,1H3,(H,20,21). The summed E-state index contributed by atoms with van der Waals surface area (Å²) in [6, 6.07) is 9.74. The van der Waals surface area contributed by atoms with Crippen LogP contribution in [0.1, 0.15) is 5.56 Å². The fourth-order valence-corrected chi connectivity index (χ4v) is 2.26. The predicted molar refractivity (Wildman–Crippen MR) is 87.4 cm³/mol. The lowest BCUT2D eigenvalue weighted by Crippen LogP contribution is -2.22. The Bertz CT molecular complexity index is 679. The van der Waals surface area contributed by atoms with Crippen molar-refractivity contribution in [2.45, 2.75) is 6.92 Å². The molecule has 110 valence electrons. The second-order valence-electron chi connectivity index (χ2n) is 4.49. The normalized spacial score (nSPS) is 10.3. The molecule has 2 N–H and O–H groups in total. The summed E-state index contributed by atoms with van der Waals surface area (Å²) in [6.07, 6.45) is 0. The Labute approximate surface area is 135 Å². The zero-order valence-corrected chi connectivity index (χ0v) is 13.6. The summed E-state index contributed by atoms with van der Waals surface area (Å²) >= 11 is 9.14. The highest BCUT2D eigenvalue weighted by Crippen LogP contribution is 2.21. The predicted octanol–water partition coefficient (Wildman–Crippen LogP) is 4.60. The molecule has 2 aromatic carbocycles. The van der Waals surface area contributed by atoms with Gasteiger partial charge in [-0.05, 0) is 42.8 Å². The zero-order valence-electron chi connectivity index (χ0n) is 11.2. The van der Waals surface area contributed by atoms with Gasteiger partial charge in [-0.3, -0.25) is 4.79 Å². The van der Waals surface area contributed by atoms with Gasteiger partial charge in [0.25, 0.3) is 0 Å². The molecule has 0 saturated carbocycles.